The van der Waals surface area contributed by atoms with Crippen LogP contribution in [0.2, 0.25) is 0 Å². The van der Waals surface area contributed by atoms with Crippen molar-refractivity contribution in [2.45, 2.75) is 45.1 Å². The van der Waals surface area contributed by atoms with Crippen LogP contribution in [-0.4, -0.2) is 41.1 Å². The summed E-state index contributed by atoms with van der Waals surface area (Å²) in [5.41, 5.74) is -2.14. The fourth-order valence-corrected chi connectivity index (χ4v) is 3.27. The molecule has 0 spiro atoms. The van der Waals surface area contributed by atoms with Crippen molar-refractivity contribution in [3.05, 3.63) is 23.8 Å². The van der Waals surface area contributed by atoms with E-state index < -0.39 is 36.2 Å². The van der Waals surface area contributed by atoms with Gasteiger partial charge >= 0.3 is 19.4 Å². The first-order valence-corrected chi connectivity index (χ1v) is 8.68. The van der Waals surface area contributed by atoms with Gasteiger partial charge in [0.25, 0.3) is 0 Å². The van der Waals surface area contributed by atoms with Crippen molar-refractivity contribution in [3.8, 4) is 0 Å². The zero-order valence-electron chi connectivity index (χ0n) is 16.5. The number of hydrogen-bond acceptors (Lipinski definition) is 3. The minimum atomic E-state index is -4.64. The highest BCUT2D eigenvalue weighted by Gasteiger charge is 2.52. The van der Waals surface area contributed by atoms with E-state index in [1.807, 2.05) is 27.7 Å². The molecule has 1 aromatic carbocycles. The number of hydrogen-bond donors (Lipinski definition) is 1. The molecule has 1 aliphatic rings. The number of aromatic nitrogens is 1. The monoisotopic (exact) mass is 398 g/mol. The highest BCUT2D eigenvalue weighted by atomic mass is 19.4. The molecule has 3 rings (SSSR count). The van der Waals surface area contributed by atoms with Gasteiger partial charge in [-0.3, -0.25) is 4.90 Å². The van der Waals surface area contributed by atoms with Gasteiger partial charge in [0.2, 0.25) is 0 Å². The second-order valence-corrected chi connectivity index (χ2v) is 8.00. The van der Waals surface area contributed by atoms with Crippen molar-refractivity contribution in [1.29, 1.82) is 0 Å². The Labute approximate surface area is 161 Å². The van der Waals surface area contributed by atoms with E-state index in [0.29, 0.717) is 0 Å². The zero-order valence-corrected chi connectivity index (χ0v) is 16.5. The summed E-state index contributed by atoms with van der Waals surface area (Å²) < 4.78 is 54.4. The molecule has 1 aliphatic heterocycles. The molecule has 0 aliphatic carbocycles. The van der Waals surface area contributed by atoms with Crippen LogP contribution in [0.3, 0.4) is 0 Å². The molecule has 10 heteroatoms. The van der Waals surface area contributed by atoms with Crippen molar-refractivity contribution in [3.63, 3.8) is 0 Å². The van der Waals surface area contributed by atoms with Crippen LogP contribution in [0.15, 0.2) is 18.2 Å². The molecule has 0 saturated carbocycles. The predicted molar refractivity (Wildman–Crippen MR) is 100 cm³/mol. The number of carbonyl (C=O) groups is 1. The van der Waals surface area contributed by atoms with E-state index >= 15 is 0 Å². The van der Waals surface area contributed by atoms with E-state index in [4.69, 9.17) is 9.31 Å². The lowest BCUT2D eigenvalue weighted by molar-refractivity contribution is -0.136. The van der Waals surface area contributed by atoms with Gasteiger partial charge in [-0.05, 0) is 45.3 Å². The molecule has 0 radical (unpaired) electrons. The van der Waals surface area contributed by atoms with Gasteiger partial charge in [-0.2, -0.15) is 13.2 Å². The Hall–Kier alpha value is -2.20. The number of rotatable bonds is 2. The molecule has 1 amide bonds. The number of benzene rings is 1. The van der Waals surface area contributed by atoms with Crippen LogP contribution < -0.4 is 10.4 Å². The van der Waals surface area contributed by atoms with Gasteiger partial charge in [0, 0.05) is 19.5 Å². The zero-order chi connectivity index (χ0) is 21.2. The van der Waals surface area contributed by atoms with Crippen LogP contribution >= 0.6 is 0 Å². The van der Waals surface area contributed by atoms with E-state index in [1.54, 1.807) is 6.07 Å². The topological polar surface area (TPSA) is 63.9 Å². The number of amides is 1. The third-order valence-corrected chi connectivity index (χ3v) is 5.59. The number of anilines is 1. The standard InChI is InChI=1S/C18H22BF3N2O4/c1-16(2)17(3,4)28-19(27-16)11-7-10-8-13(24(6)15(25)26)23(5)14(10)12(9-11)18(20,21)22/h7-9H,1-6H3,(H,25,26). The van der Waals surface area contributed by atoms with Gasteiger partial charge in [0.1, 0.15) is 5.82 Å². The lowest BCUT2D eigenvalue weighted by Crippen LogP contribution is -2.41. The van der Waals surface area contributed by atoms with Crippen LogP contribution in [0.5, 0.6) is 0 Å². The van der Waals surface area contributed by atoms with Crippen LogP contribution in [0.25, 0.3) is 10.9 Å². The Bertz CT molecular complexity index is 936. The number of aryl methyl sites for hydroxylation is 1. The SMILES string of the molecule is CN(C(=O)O)c1cc2cc(B3OC(C)(C)C(C)(C)O3)cc(C(F)(F)F)c2n1C. The maximum atomic E-state index is 13.8. The Morgan fingerprint density at radius 1 is 1.14 bits per heavy atom. The lowest BCUT2D eigenvalue weighted by Gasteiger charge is -2.32. The van der Waals surface area contributed by atoms with E-state index in [0.717, 1.165) is 11.0 Å². The summed E-state index contributed by atoms with van der Waals surface area (Å²) in [6.45, 7) is 7.27. The predicted octanol–water partition coefficient (Wildman–Crippen LogP) is 3.61. The smallest absolute Gasteiger partial charge is 0.465 e. The maximum absolute atomic E-state index is 13.8. The highest BCUT2D eigenvalue weighted by molar-refractivity contribution is 6.62. The molecule has 0 atom stereocenters. The summed E-state index contributed by atoms with van der Waals surface area (Å²) in [5, 5.41) is 9.46. The largest absolute Gasteiger partial charge is 0.494 e. The molecule has 2 aromatic rings. The fourth-order valence-electron chi connectivity index (χ4n) is 3.27. The first-order chi connectivity index (χ1) is 12.7. The minimum absolute atomic E-state index is 0.101. The minimum Gasteiger partial charge on any atom is -0.465 e. The van der Waals surface area contributed by atoms with Crippen molar-refractivity contribution in [2.24, 2.45) is 7.05 Å². The van der Waals surface area contributed by atoms with Gasteiger partial charge < -0.3 is 19.0 Å². The first-order valence-electron chi connectivity index (χ1n) is 8.68. The summed E-state index contributed by atoms with van der Waals surface area (Å²) in [6.07, 6.45) is -5.91. The van der Waals surface area contributed by atoms with Gasteiger partial charge in [-0.25, -0.2) is 4.79 Å². The van der Waals surface area contributed by atoms with Gasteiger partial charge in [-0.1, -0.05) is 6.07 Å². The number of fused-ring (bicyclic) bond motifs is 1. The molecule has 1 aromatic heterocycles. The normalized spacial score (nSPS) is 18.7. The lowest BCUT2D eigenvalue weighted by atomic mass is 9.77. The third-order valence-electron chi connectivity index (χ3n) is 5.59. The van der Waals surface area contributed by atoms with Crippen LogP contribution in [0.4, 0.5) is 23.8 Å². The quantitative estimate of drug-likeness (QED) is 0.786. The summed E-state index contributed by atoms with van der Waals surface area (Å²) in [5.74, 6) is 0.124. The molecule has 152 valence electrons. The Morgan fingerprint density at radius 2 is 1.68 bits per heavy atom. The van der Waals surface area contributed by atoms with Crippen LogP contribution in [0.1, 0.15) is 33.3 Å². The van der Waals surface area contributed by atoms with Gasteiger partial charge in [0.15, 0.2) is 0 Å². The van der Waals surface area contributed by atoms with Crippen molar-refractivity contribution in [1.82, 2.24) is 4.57 Å². The summed E-state index contributed by atoms with van der Waals surface area (Å²) in [4.78, 5) is 12.1. The molecule has 1 N–H and O–H groups in total. The summed E-state index contributed by atoms with van der Waals surface area (Å²) in [6, 6.07) is 3.97. The molecule has 1 fully saturated rings. The maximum Gasteiger partial charge on any atom is 0.494 e. The van der Waals surface area contributed by atoms with Crippen molar-refractivity contribution in [2.75, 3.05) is 11.9 Å². The summed E-state index contributed by atoms with van der Waals surface area (Å²) in [7, 11) is 1.72. The Kier molecular flexibility index (Phi) is 4.51. The molecular weight excluding hydrogens is 376 g/mol. The van der Waals surface area contributed by atoms with Gasteiger partial charge in [-0.15, -0.1) is 0 Å². The molecule has 0 unspecified atom stereocenters. The third kappa shape index (κ3) is 3.14. The van der Waals surface area contributed by atoms with E-state index in [-0.39, 0.29) is 22.2 Å². The number of halogens is 3. The molecule has 1 saturated heterocycles. The summed E-state index contributed by atoms with van der Waals surface area (Å²) >= 11 is 0. The first kappa shape index (κ1) is 20.5. The molecule has 28 heavy (non-hydrogen) atoms. The second-order valence-electron chi connectivity index (χ2n) is 8.00. The van der Waals surface area contributed by atoms with Crippen LogP contribution in [-0.2, 0) is 22.5 Å². The number of alkyl halides is 3. The Balaban J connectivity index is 2.21. The van der Waals surface area contributed by atoms with Crippen LogP contribution in [0, 0.1) is 0 Å². The molecule has 6 nitrogen and oxygen atoms in total. The average Bonchev–Trinajstić information content (AvgIpc) is 2.98. The van der Waals surface area contributed by atoms with Crippen molar-refractivity contribution >= 4 is 35.4 Å². The molecule has 0 bridgehead atoms. The Morgan fingerprint density at radius 3 is 2.14 bits per heavy atom. The highest BCUT2D eigenvalue weighted by Crippen LogP contribution is 2.39. The second kappa shape index (κ2) is 6.15. The molecule has 2 heterocycles. The van der Waals surface area contributed by atoms with Gasteiger partial charge in [0.05, 0.1) is 22.3 Å². The van der Waals surface area contributed by atoms with E-state index in [2.05, 4.69) is 0 Å². The number of nitrogens with zero attached hydrogens (tertiary/aromatic N) is 2. The number of carboxylic acid groups (broad SMARTS) is 1. The fraction of sp³-hybridized carbons (Fsp3) is 0.500. The molecular formula is C18H22BF3N2O4. The van der Waals surface area contributed by atoms with Crippen molar-refractivity contribution < 1.29 is 32.4 Å². The van der Waals surface area contributed by atoms with E-state index in [9.17, 15) is 23.1 Å². The average molecular weight is 398 g/mol. The van der Waals surface area contributed by atoms with E-state index in [1.165, 1.54) is 24.7 Å².